The molecule has 0 aliphatic carbocycles. The fraction of sp³-hybridized carbons (Fsp3) is 0.250. The average molecular weight is 149 g/mol. The Morgan fingerprint density at radius 3 is 2.78 bits per heavy atom. The molecule has 0 saturated heterocycles. The van der Waals surface area contributed by atoms with Gasteiger partial charge in [0, 0.05) is 12.3 Å². The van der Waals surface area contributed by atoms with Gasteiger partial charge in [0.15, 0.2) is 0 Å². The van der Waals surface area contributed by atoms with Crippen LogP contribution in [0.5, 0.6) is 0 Å². The van der Waals surface area contributed by atoms with Crippen molar-refractivity contribution in [3.8, 4) is 0 Å². The molecular formula is C4H7NO3S. The van der Waals surface area contributed by atoms with Gasteiger partial charge in [0.2, 0.25) is 17.0 Å². The van der Waals surface area contributed by atoms with E-state index in [1.54, 1.807) is 0 Å². The van der Waals surface area contributed by atoms with Gasteiger partial charge in [-0.05, 0) is 0 Å². The number of carbonyl (C=O) groups is 1. The number of hydrogen-bond acceptors (Lipinski definition) is 3. The first-order valence-electron chi connectivity index (χ1n) is 2.14. The Balaban J connectivity index is 3.39. The van der Waals surface area contributed by atoms with E-state index in [9.17, 15) is 9.00 Å². The summed E-state index contributed by atoms with van der Waals surface area (Å²) >= 11 is -1.62. The molecule has 0 spiro atoms. The minimum Gasteiger partial charge on any atom is -0.273 e. The molecule has 0 saturated carbocycles. The van der Waals surface area contributed by atoms with E-state index in [2.05, 4.69) is 10.9 Å². The molecule has 52 valence electrons. The molecule has 0 bridgehead atoms. The van der Waals surface area contributed by atoms with Gasteiger partial charge in [-0.1, -0.05) is 6.58 Å². The van der Waals surface area contributed by atoms with Crippen molar-refractivity contribution in [3.05, 3.63) is 12.0 Å². The molecule has 0 aromatic rings. The average Bonchev–Trinajstić information content (AvgIpc) is 1.83. The summed E-state index contributed by atoms with van der Waals surface area (Å²) in [6, 6.07) is 0. The van der Waals surface area contributed by atoms with Crippen LogP contribution in [0.15, 0.2) is 12.0 Å². The fourth-order valence-corrected chi connectivity index (χ4v) is 0.401. The van der Waals surface area contributed by atoms with Crippen molar-refractivity contribution in [3.63, 3.8) is 0 Å². The predicted octanol–water partition coefficient (Wildman–Crippen LogP) is -0.139. The molecule has 1 atom stereocenters. The summed E-state index contributed by atoms with van der Waals surface area (Å²) in [4.78, 5) is 10.1. The van der Waals surface area contributed by atoms with E-state index < -0.39 is 17.0 Å². The van der Waals surface area contributed by atoms with Gasteiger partial charge in [-0.2, -0.15) is 4.28 Å². The normalized spacial score (nSPS) is 12.1. The van der Waals surface area contributed by atoms with E-state index in [0.717, 1.165) is 5.41 Å². The third-order valence-corrected chi connectivity index (χ3v) is 0.923. The smallest absolute Gasteiger partial charge is 0.241 e. The maximum Gasteiger partial charge on any atom is 0.241 e. The molecule has 5 heteroatoms. The molecule has 1 amide bonds. The van der Waals surface area contributed by atoms with E-state index in [1.807, 2.05) is 5.48 Å². The van der Waals surface area contributed by atoms with Gasteiger partial charge < -0.3 is 0 Å². The summed E-state index contributed by atoms with van der Waals surface area (Å²) in [6.45, 7) is 4.41. The number of hydroxylamine groups is 1. The first-order chi connectivity index (χ1) is 4.16. The predicted molar refractivity (Wildman–Crippen MR) is 33.2 cm³/mol. The molecule has 0 heterocycles. The molecule has 0 fully saturated rings. The number of amides is 1. The number of hydrogen-bond donors (Lipinski definition) is 1. The Hall–Kier alpha value is -0.680. The Kier molecular flexibility index (Phi) is 3.90. The van der Waals surface area contributed by atoms with Crippen LogP contribution in [0.25, 0.3) is 0 Å². The Morgan fingerprint density at radius 1 is 1.89 bits per heavy atom. The van der Waals surface area contributed by atoms with Crippen LogP contribution in [0.1, 0.15) is 6.92 Å². The quantitative estimate of drug-likeness (QED) is 0.568. The summed E-state index contributed by atoms with van der Waals surface area (Å²) in [5.74, 6) is -0.398. The van der Waals surface area contributed by atoms with Crippen molar-refractivity contribution in [2.75, 3.05) is 0 Å². The van der Waals surface area contributed by atoms with Crippen molar-refractivity contribution in [1.82, 2.24) is 5.48 Å². The van der Waals surface area contributed by atoms with E-state index in [1.165, 1.54) is 6.92 Å². The van der Waals surface area contributed by atoms with Gasteiger partial charge >= 0.3 is 0 Å². The van der Waals surface area contributed by atoms with Gasteiger partial charge in [-0.25, -0.2) is 9.69 Å². The maximum absolute atomic E-state index is 10.3. The summed E-state index contributed by atoms with van der Waals surface area (Å²) in [5, 5.41) is 1.07. The molecule has 0 aromatic heterocycles. The highest BCUT2D eigenvalue weighted by molar-refractivity contribution is 7.83. The number of rotatable bonds is 3. The van der Waals surface area contributed by atoms with Gasteiger partial charge in [0.25, 0.3) is 0 Å². The van der Waals surface area contributed by atoms with Gasteiger partial charge in [0.1, 0.15) is 0 Å². The van der Waals surface area contributed by atoms with Crippen molar-refractivity contribution in [2.24, 2.45) is 0 Å². The number of carbonyl (C=O) groups excluding carboxylic acids is 1. The zero-order chi connectivity index (χ0) is 7.28. The van der Waals surface area contributed by atoms with E-state index in [4.69, 9.17) is 0 Å². The van der Waals surface area contributed by atoms with Crippen LogP contribution < -0.4 is 5.48 Å². The lowest BCUT2D eigenvalue weighted by atomic mass is 10.8. The largest absolute Gasteiger partial charge is 0.273 e. The Labute approximate surface area is 55.5 Å². The van der Waals surface area contributed by atoms with Crippen LogP contribution in [0.3, 0.4) is 0 Å². The minimum absolute atomic E-state index is 0.398. The first kappa shape index (κ1) is 8.32. The minimum atomic E-state index is -1.62. The lowest BCUT2D eigenvalue weighted by Crippen LogP contribution is -2.20. The second-order valence-electron chi connectivity index (χ2n) is 1.17. The van der Waals surface area contributed by atoms with Crippen LogP contribution in [0.4, 0.5) is 0 Å². The molecule has 1 N–H and O–H groups in total. The standard InChI is InChI=1S/C4H7NO3S/c1-3-9(7)8-5-4(2)6/h3H,1H2,2H3,(H,5,6). The maximum atomic E-state index is 10.3. The van der Waals surface area contributed by atoms with Gasteiger partial charge in [0.05, 0.1) is 0 Å². The third-order valence-electron chi connectivity index (χ3n) is 0.404. The van der Waals surface area contributed by atoms with Crippen molar-refractivity contribution < 1.29 is 13.3 Å². The Bertz CT molecular complexity index is 145. The molecule has 0 aliphatic heterocycles. The lowest BCUT2D eigenvalue weighted by Gasteiger charge is -1.95. The Morgan fingerprint density at radius 2 is 2.44 bits per heavy atom. The molecule has 1 unspecified atom stereocenters. The van der Waals surface area contributed by atoms with Gasteiger partial charge in [-0.15, -0.1) is 0 Å². The molecular weight excluding hydrogens is 142 g/mol. The molecule has 0 radical (unpaired) electrons. The summed E-state index contributed by atoms with van der Waals surface area (Å²) in [6.07, 6.45) is 0. The highest BCUT2D eigenvalue weighted by Gasteiger charge is 1.92. The van der Waals surface area contributed by atoms with Crippen molar-refractivity contribution in [1.29, 1.82) is 0 Å². The van der Waals surface area contributed by atoms with Crippen LogP contribution in [0, 0.1) is 0 Å². The second-order valence-corrected chi connectivity index (χ2v) is 2.19. The zero-order valence-electron chi connectivity index (χ0n) is 4.92. The van der Waals surface area contributed by atoms with Crippen molar-refractivity contribution >= 4 is 17.0 Å². The summed E-state index contributed by atoms with van der Waals surface area (Å²) in [5.41, 5.74) is 1.89. The molecule has 0 rings (SSSR count). The first-order valence-corrected chi connectivity index (χ1v) is 3.27. The summed E-state index contributed by atoms with van der Waals surface area (Å²) < 4.78 is 14.5. The number of nitrogens with one attached hydrogen (secondary N) is 1. The van der Waals surface area contributed by atoms with E-state index in [-0.39, 0.29) is 0 Å². The van der Waals surface area contributed by atoms with Crippen LogP contribution >= 0.6 is 0 Å². The lowest BCUT2D eigenvalue weighted by molar-refractivity contribution is -0.124. The molecule has 9 heavy (non-hydrogen) atoms. The fourth-order valence-electron chi connectivity index (χ4n) is 0.134. The zero-order valence-corrected chi connectivity index (χ0v) is 5.73. The topological polar surface area (TPSA) is 55.4 Å². The third kappa shape index (κ3) is 5.19. The monoisotopic (exact) mass is 149 g/mol. The highest BCUT2D eigenvalue weighted by Crippen LogP contribution is 1.79. The van der Waals surface area contributed by atoms with Crippen LogP contribution in [-0.4, -0.2) is 10.1 Å². The van der Waals surface area contributed by atoms with Crippen molar-refractivity contribution in [2.45, 2.75) is 6.92 Å². The summed E-state index contributed by atoms with van der Waals surface area (Å²) in [7, 11) is 0. The van der Waals surface area contributed by atoms with Crippen LogP contribution in [-0.2, 0) is 20.2 Å². The molecule has 0 aliphatic rings. The van der Waals surface area contributed by atoms with E-state index >= 15 is 0 Å². The van der Waals surface area contributed by atoms with Crippen LogP contribution in [0.2, 0.25) is 0 Å². The van der Waals surface area contributed by atoms with Gasteiger partial charge in [-0.3, -0.25) is 4.79 Å². The van der Waals surface area contributed by atoms with E-state index in [0.29, 0.717) is 0 Å². The highest BCUT2D eigenvalue weighted by atomic mass is 32.2. The molecule has 0 aromatic carbocycles. The second kappa shape index (κ2) is 4.22. The molecule has 4 nitrogen and oxygen atoms in total. The SMILES string of the molecule is C=CS(=O)ONC(C)=O.